The van der Waals surface area contributed by atoms with Gasteiger partial charge in [0.2, 0.25) is 0 Å². The third kappa shape index (κ3) is 14.1. The van der Waals surface area contributed by atoms with Gasteiger partial charge in [0.15, 0.2) is 0 Å². The molecule has 0 saturated heterocycles. The van der Waals surface area contributed by atoms with Crippen LogP contribution in [0.1, 0.15) is 89.7 Å². The van der Waals surface area contributed by atoms with Gasteiger partial charge in [-0.15, -0.1) is 0 Å². The lowest BCUT2D eigenvalue weighted by Gasteiger charge is -2.18. The molecule has 0 radical (unpaired) electrons. The molecule has 0 aliphatic rings. The molecule has 4 unspecified atom stereocenters. The zero-order valence-corrected chi connectivity index (χ0v) is 40.8. The van der Waals surface area contributed by atoms with Crippen molar-refractivity contribution in [1.29, 1.82) is 0 Å². The Morgan fingerprint density at radius 1 is 0.391 bits per heavy atom. The van der Waals surface area contributed by atoms with Gasteiger partial charge in [-0.25, -0.2) is 0 Å². The van der Waals surface area contributed by atoms with Crippen molar-refractivity contribution in [3.05, 3.63) is 226 Å². The molecular weight excluding hydrogens is 1000 g/mol. The van der Waals surface area contributed by atoms with Crippen LogP contribution >= 0.6 is 66.7 Å². The molecular formula is C52H49Br2Cl3O7. The van der Waals surface area contributed by atoms with Gasteiger partial charge in [-0.1, -0.05) is 146 Å². The molecule has 7 rings (SSSR count). The fraction of sp³-hybridized carbons (Fsp3) is 0.192. The van der Waals surface area contributed by atoms with E-state index in [-0.39, 0.29) is 0 Å². The first kappa shape index (κ1) is 50.6. The molecule has 0 aromatic heterocycles. The van der Waals surface area contributed by atoms with Crippen LogP contribution in [0.2, 0.25) is 15.1 Å². The first-order valence-corrected chi connectivity index (χ1v) is 23.2. The van der Waals surface area contributed by atoms with Crippen molar-refractivity contribution >= 4 is 66.7 Å². The van der Waals surface area contributed by atoms with Crippen molar-refractivity contribution in [1.82, 2.24) is 0 Å². The van der Waals surface area contributed by atoms with Crippen molar-refractivity contribution < 1.29 is 34.6 Å². The summed E-state index contributed by atoms with van der Waals surface area (Å²) in [5, 5.41) is 43.8. The standard InChI is InChI=1S/C22H19BrCl2O3.C15H15BrO2.C15H15ClO2/c1-2-28-16-7-3-13(4-8-16)21(26)17-11-14(5-9-19(17)24)22(27)18-12-15(23)6-10-20(18)25;1-2-18-14-9-4-3-8-13(14)15(17)11-6-5-7-12(16)10-11;1-2-18-12-9-7-11(8-10-12)15(17)13-5-3-4-6-14(13)16/h3-12,21-22,26-27H,2H2,1H3;2*3-10,15,17H,2H2,1H3. The van der Waals surface area contributed by atoms with Crippen molar-refractivity contribution in [3.8, 4) is 17.2 Å². The number of para-hydroxylation sites is 1. The van der Waals surface area contributed by atoms with Crippen LogP contribution in [-0.2, 0) is 0 Å². The summed E-state index contributed by atoms with van der Waals surface area (Å²) in [6, 6.07) is 47.5. The number of benzene rings is 7. The Bertz CT molecular complexity index is 2540. The van der Waals surface area contributed by atoms with Crippen molar-refractivity contribution in [2.24, 2.45) is 0 Å². The molecule has 4 N–H and O–H groups in total. The van der Waals surface area contributed by atoms with Gasteiger partial charge in [0, 0.05) is 46.3 Å². The van der Waals surface area contributed by atoms with Gasteiger partial charge >= 0.3 is 0 Å². The lowest BCUT2D eigenvalue weighted by atomic mass is 9.95. The molecule has 0 bridgehead atoms. The van der Waals surface area contributed by atoms with Crippen LogP contribution in [0, 0.1) is 0 Å². The minimum absolute atomic E-state index is 0.415. The van der Waals surface area contributed by atoms with Gasteiger partial charge < -0.3 is 34.6 Å². The van der Waals surface area contributed by atoms with Gasteiger partial charge in [-0.3, -0.25) is 0 Å². The first-order valence-electron chi connectivity index (χ1n) is 20.5. The van der Waals surface area contributed by atoms with E-state index in [0.717, 1.165) is 42.9 Å². The lowest BCUT2D eigenvalue weighted by molar-refractivity contribution is 0.212. The van der Waals surface area contributed by atoms with Crippen molar-refractivity contribution in [2.45, 2.75) is 45.2 Å². The summed E-state index contributed by atoms with van der Waals surface area (Å²) in [6.07, 6.45) is -3.28. The summed E-state index contributed by atoms with van der Waals surface area (Å²) >= 11 is 25.4. The Hall–Kier alpha value is -4.39. The van der Waals surface area contributed by atoms with Crippen LogP contribution in [-0.4, -0.2) is 40.2 Å². The second-order valence-corrected chi connectivity index (χ2v) is 17.2. The largest absolute Gasteiger partial charge is 0.494 e. The number of rotatable bonds is 14. The van der Waals surface area contributed by atoms with E-state index in [9.17, 15) is 20.4 Å². The molecule has 0 aliphatic carbocycles. The summed E-state index contributed by atoms with van der Waals surface area (Å²) in [5.74, 6) is 2.26. The third-order valence-electron chi connectivity index (χ3n) is 9.77. The maximum atomic E-state index is 10.8. The van der Waals surface area contributed by atoms with Gasteiger partial charge in [0.05, 0.1) is 19.8 Å². The summed E-state index contributed by atoms with van der Waals surface area (Å²) in [4.78, 5) is 0. The van der Waals surface area contributed by atoms with E-state index in [1.54, 1.807) is 60.7 Å². The zero-order chi connectivity index (χ0) is 46.2. The van der Waals surface area contributed by atoms with E-state index in [1.807, 2.05) is 118 Å². The Morgan fingerprint density at radius 3 is 1.38 bits per heavy atom. The summed E-state index contributed by atoms with van der Waals surface area (Å²) in [7, 11) is 0. The zero-order valence-electron chi connectivity index (χ0n) is 35.3. The second kappa shape index (κ2) is 25.3. The average Bonchev–Trinajstić information content (AvgIpc) is 3.31. The Labute approximate surface area is 407 Å². The van der Waals surface area contributed by atoms with Crippen LogP contribution < -0.4 is 14.2 Å². The fourth-order valence-electron chi connectivity index (χ4n) is 6.58. The predicted octanol–water partition coefficient (Wildman–Crippen LogP) is 14.1. The van der Waals surface area contributed by atoms with E-state index >= 15 is 0 Å². The number of ether oxygens (including phenoxy) is 3. The van der Waals surface area contributed by atoms with Gasteiger partial charge in [0.1, 0.15) is 41.7 Å². The Kier molecular flexibility index (Phi) is 20.0. The highest BCUT2D eigenvalue weighted by Crippen LogP contribution is 2.36. The van der Waals surface area contributed by atoms with Gasteiger partial charge in [0.25, 0.3) is 0 Å². The smallest absolute Gasteiger partial charge is 0.125 e. The number of hydrogen-bond acceptors (Lipinski definition) is 7. The maximum Gasteiger partial charge on any atom is 0.125 e. The van der Waals surface area contributed by atoms with Gasteiger partial charge in [-0.05, 0) is 122 Å². The average molecular weight is 1050 g/mol. The predicted molar refractivity (Wildman–Crippen MR) is 265 cm³/mol. The molecule has 334 valence electrons. The van der Waals surface area contributed by atoms with Crippen LogP contribution in [0.4, 0.5) is 0 Å². The summed E-state index contributed by atoms with van der Waals surface area (Å²) in [6.45, 7) is 7.58. The molecule has 64 heavy (non-hydrogen) atoms. The number of aliphatic hydroxyl groups is 4. The van der Waals surface area contributed by atoms with E-state index in [4.69, 9.17) is 49.0 Å². The Morgan fingerprint density at radius 2 is 0.812 bits per heavy atom. The van der Waals surface area contributed by atoms with Crippen molar-refractivity contribution in [3.63, 3.8) is 0 Å². The summed E-state index contributed by atoms with van der Waals surface area (Å²) < 4.78 is 18.1. The Balaban J connectivity index is 0.000000188. The van der Waals surface area contributed by atoms with E-state index < -0.39 is 24.4 Å². The van der Waals surface area contributed by atoms with E-state index in [1.165, 1.54) is 0 Å². The first-order chi connectivity index (χ1) is 30.8. The molecule has 12 heteroatoms. The number of hydrogen-bond donors (Lipinski definition) is 4. The third-order valence-corrected chi connectivity index (χ3v) is 11.8. The molecule has 0 saturated carbocycles. The summed E-state index contributed by atoms with van der Waals surface area (Å²) in [5.41, 5.74) is 5.49. The minimum Gasteiger partial charge on any atom is -0.494 e. The normalized spacial score (nSPS) is 12.6. The van der Waals surface area contributed by atoms with Crippen LogP contribution in [0.3, 0.4) is 0 Å². The number of aliphatic hydroxyl groups excluding tert-OH is 4. The van der Waals surface area contributed by atoms with E-state index in [2.05, 4.69) is 31.9 Å². The monoisotopic (exact) mass is 1050 g/mol. The molecule has 7 nitrogen and oxygen atoms in total. The van der Waals surface area contributed by atoms with Gasteiger partial charge in [-0.2, -0.15) is 0 Å². The SMILES string of the molecule is CCOc1ccc(C(O)c2cc(C(O)c3cc(Br)ccc3Cl)ccc2Cl)cc1.CCOc1ccc(C(O)c2ccccc2Cl)cc1.CCOc1ccccc1C(O)c1cccc(Br)c1. The minimum atomic E-state index is -0.950. The van der Waals surface area contributed by atoms with Crippen LogP contribution in [0.15, 0.2) is 167 Å². The van der Waals surface area contributed by atoms with Crippen LogP contribution in [0.5, 0.6) is 17.2 Å². The molecule has 0 amide bonds. The highest BCUT2D eigenvalue weighted by Gasteiger charge is 2.20. The molecule has 7 aromatic carbocycles. The molecule has 0 aliphatic heterocycles. The maximum absolute atomic E-state index is 10.8. The fourth-order valence-corrected chi connectivity index (χ4v) is 8.05. The molecule has 0 spiro atoms. The topological polar surface area (TPSA) is 109 Å². The highest BCUT2D eigenvalue weighted by atomic mass is 79.9. The molecule has 0 heterocycles. The van der Waals surface area contributed by atoms with Crippen LogP contribution in [0.25, 0.3) is 0 Å². The molecule has 0 fully saturated rings. The highest BCUT2D eigenvalue weighted by molar-refractivity contribution is 9.10. The number of halogens is 5. The second-order valence-electron chi connectivity index (χ2n) is 14.1. The molecule has 4 atom stereocenters. The van der Waals surface area contributed by atoms with E-state index in [0.29, 0.717) is 62.7 Å². The molecule has 7 aromatic rings. The quantitative estimate of drug-likeness (QED) is 0.0859. The lowest BCUT2D eigenvalue weighted by Crippen LogP contribution is -2.05. The van der Waals surface area contributed by atoms with Crippen molar-refractivity contribution in [2.75, 3.05) is 19.8 Å².